The fourth-order valence-corrected chi connectivity index (χ4v) is 6.93. The largest absolute Gasteiger partial charge is 0.449 e. The van der Waals surface area contributed by atoms with Crippen LogP contribution in [0.5, 0.6) is 23.0 Å². The van der Waals surface area contributed by atoms with Crippen LogP contribution in [0.3, 0.4) is 0 Å². The highest BCUT2D eigenvalue weighted by atomic mass is 16.6. The average Bonchev–Trinajstić information content (AvgIpc) is 3.37. The molecular formula is C43H30N2O2. The SMILES string of the molecule is CC1(C)c2ccccc2-c2c1ccc1c2Oc2cc(-c3cccc(-c4nc(-c5ccccc5)cc(-c5ccccc5)n4)c3)ccc2O1. The van der Waals surface area contributed by atoms with E-state index in [2.05, 4.69) is 111 Å². The quantitative estimate of drug-likeness (QED) is 0.200. The molecule has 0 saturated carbocycles. The van der Waals surface area contributed by atoms with Crippen LogP contribution >= 0.6 is 0 Å². The standard InChI is InChI=1S/C43H30N2O2/c1-43(2)33-19-10-9-18-32(33)40-34(43)21-23-38-41(40)47-39-25-30(20-22-37(39)46-38)29-16-11-17-31(24-29)42-44-35(27-12-5-3-6-13-27)26-36(45-42)28-14-7-4-8-15-28/h3-26H,1-2H3. The van der Waals surface area contributed by atoms with Crippen LogP contribution in [0.2, 0.25) is 0 Å². The molecule has 224 valence electrons. The monoisotopic (exact) mass is 606 g/mol. The first-order valence-electron chi connectivity index (χ1n) is 15.9. The molecule has 1 aliphatic heterocycles. The van der Waals surface area contributed by atoms with Crippen LogP contribution in [0, 0.1) is 0 Å². The normalized spacial score (nSPS) is 13.4. The molecule has 0 amide bonds. The average molecular weight is 607 g/mol. The van der Waals surface area contributed by atoms with Gasteiger partial charge in [0.15, 0.2) is 28.8 Å². The van der Waals surface area contributed by atoms with Gasteiger partial charge in [0.05, 0.1) is 11.4 Å². The second kappa shape index (κ2) is 10.5. The van der Waals surface area contributed by atoms with Gasteiger partial charge in [-0.25, -0.2) is 9.97 Å². The van der Waals surface area contributed by atoms with Crippen molar-refractivity contribution >= 4 is 0 Å². The highest BCUT2D eigenvalue weighted by Crippen LogP contribution is 2.58. The number of benzene rings is 6. The first kappa shape index (κ1) is 27.3. The second-order valence-electron chi connectivity index (χ2n) is 12.6. The highest BCUT2D eigenvalue weighted by molar-refractivity contribution is 5.88. The maximum atomic E-state index is 6.73. The van der Waals surface area contributed by atoms with Crippen molar-refractivity contribution < 1.29 is 9.47 Å². The minimum atomic E-state index is -0.118. The van der Waals surface area contributed by atoms with Gasteiger partial charge >= 0.3 is 0 Å². The van der Waals surface area contributed by atoms with E-state index in [-0.39, 0.29) is 5.41 Å². The summed E-state index contributed by atoms with van der Waals surface area (Å²) in [6, 6.07) is 49.9. The van der Waals surface area contributed by atoms with Crippen LogP contribution in [0.1, 0.15) is 25.0 Å². The molecule has 4 heteroatoms. The van der Waals surface area contributed by atoms with Gasteiger partial charge < -0.3 is 9.47 Å². The first-order chi connectivity index (χ1) is 23.0. The molecule has 0 fully saturated rings. The molecule has 0 atom stereocenters. The van der Waals surface area contributed by atoms with E-state index >= 15 is 0 Å². The number of aromatic nitrogens is 2. The van der Waals surface area contributed by atoms with Crippen molar-refractivity contribution in [2.75, 3.05) is 0 Å². The number of fused-ring (bicyclic) bond motifs is 6. The lowest BCUT2D eigenvalue weighted by Crippen LogP contribution is -2.15. The van der Waals surface area contributed by atoms with E-state index in [0.29, 0.717) is 17.3 Å². The molecule has 2 aliphatic rings. The summed E-state index contributed by atoms with van der Waals surface area (Å²) >= 11 is 0. The van der Waals surface area contributed by atoms with Gasteiger partial charge in [-0.15, -0.1) is 0 Å². The summed E-state index contributed by atoms with van der Waals surface area (Å²) in [5, 5.41) is 0. The maximum Gasteiger partial charge on any atom is 0.178 e. The van der Waals surface area contributed by atoms with E-state index in [4.69, 9.17) is 19.4 Å². The molecule has 0 N–H and O–H groups in total. The summed E-state index contributed by atoms with van der Waals surface area (Å²) in [7, 11) is 0. The first-order valence-corrected chi connectivity index (χ1v) is 15.9. The predicted molar refractivity (Wildman–Crippen MR) is 188 cm³/mol. The van der Waals surface area contributed by atoms with Crippen molar-refractivity contribution in [3.05, 3.63) is 157 Å². The molecule has 6 aromatic carbocycles. The van der Waals surface area contributed by atoms with E-state index in [1.54, 1.807) is 0 Å². The molecule has 0 bridgehead atoms. The van der Waals surface area contributed by atoms with E-state index in [1.165, 1.54) is 16.7 Å². The summed E-state index contributed by atoms with van der Waals surface area (Å²) in [6.45, 7) is 4.55. The van der Waals surface area contributed by atoms with Crippen LogP contribution in [0.25, 0.3) is 56.2 Å². The lowest BCUT2D eigenvalue weighted by molar-refractivity contribution is 0.360. The Kier molecular flexibility index (Phi) is 6.12. The van der Waals surface area contributed by atoms with Gasteiger partial charge in [-0.3, -0.25) is 0 Å². The molecular weight excluding hydrogens is 576 g/mol. The van der Waals surface area contributed by atoms with Crippen LogP contribution in [-0.2, 0) is 5.41 Å². The number of hydrogen-bond donors (Lipinski definition) is 0. The summed E-state index contributed by atoms with van der Waals surface area (Å²) in [6.07, 6.45) is 0. The summed E-state index contributed by atoms with van der Waals surface area (Å²) in [4.78, 5) is 10.1. The highest BCUT2D eigenvalue weighted by Gasteiger charge is 2.39. The minimum Gasteiger partial charge on any atom is -0.449 e. The fraction of sp³-hybridized carbons (Fsp3) is 0.0698. The molecule has 47 heavy (non-hydrogen) atoms. The Balaban J connectivity index is 1.11. The second-order valence-corrected chi connectivity index (χ2v) is 12.6. The van der Waals surface area contributed by atoms with Crippen LogP contribution in [-0.4, -0.2) is 9.97 Å². The van der Waals surface area contributed by atoms with Crippen LogP contribution in [0.15, 0.2) is 146 Å². The lowest BCUT2D eigenvalue weighted by atomic mass is 9.82. The Morgan fingerprint density at radius 3 is 1.81 bits per heavy atom. The smallest absolute Gasteiger partial charge is 0.178 e. The molecule has 0 radical (unpaired) electrons. The molecule has 9 rings (SSSR count). The minimum absolute atomic E-state index is 0.118. The van der Waals surface area contributed by atoms with Crippen molar-refractivity contribution in [1.82, 2.24) is 9.97 Å². The molecule has 0 spiro atoms. The van der Waals surface area contributed by atoms with Crippen molar-refractivity contribution in [1.29, 1.82) is 0 Å². The van der Waals surface area contributed by atoms with Gasteiger partial charge in [-0.05, 0) is 58.1 Å². The van der Waals surface area contributed by atoms with Gasteiger partial charge in [0.2, 0.25) is 0 Å². The molecule has 1 aromatic heterocycles. The van der Waals surface area contributed by atoms with E-state index in [0.717, 1.165) is 56.3 Å². The zero-order chi connectivity index (χ0) is 31.5. The van der Waals surface area contributed by atoms with Crippen molar-refractivity contribution in [3.8, 4) is 79.2 Å². The third kappa shape index (κ3) is 4.52. The number of rotatable bonds is 4. The fourth-order valence-electron chi connectivity index (χ4n) is 6.93. The van der Waals surface area contributed by atoms with Gasteiger partial charge in [0, 0.05) is 27.7 Å². The maximum absolute atomic E-state index is 6.73. The van der Waals surface area contributed by atoms with E-state index < -0.39 is 0 Å². The van der Waals surface area contributed by atoms with Crippen molar-refractivity contribution in [2.45, 2.75) is 19.3 Å². The molecule has 2 heterocycles. The van der Waals surface area contributed by atoms with Gasteiger partial charge in [-0.2, -0.15) is 0 Å². The molecule has 4 nitrogen and oxygen atoms in total. The van der Waals surface area contributed by atoms with Crippen LogP contribution < -0.4 is 9.47 Å². The Hall–Kier alpha value is -6.00. The summed E-state index contributed by atoms with van der Waals surface area (Å²) < 4.78 is 13.2. The van der Waals surface area contributed by atoms with Gasteiger partial charge in [0.25, 0.3) is 0 Å². The third-order valence-electron chi connectivity index (χ3n) is 9.36. The molecule has 1 aliphatic carbocycles. The zero-order valence-corrected chi connectivity index (χ0v) is 26.1. The van der Waals surface area contributed by atoms with Crippen molar-refractivity contribution in [3.63, 3.8) is 0 Å². The van der Waals surface area contributed by atoms with Gasteiger partial charge in [0.1, 0.15) is 0 Å². The Bertz CT molecular complexity index is 2270. The Labute approximate surface area is 274 Å². The lowest BCUT2D eigenvalue weighted by Gasteiger charge is -2.25. The zero-order valence-electron chi connectivity index (χ0n) is 26.1. The Morgan fingerprint density at radius 1 is 0.447 bits per heavy atom. The van der Waals surface area contributed by atoms with Crippen molar-refractivity contribution in [2.24, 2.45) is 0 Å². The molecule has 0 unspecified atom stereocenters. The number of hydrogen-bond acceptors (Lipinski definition) is 4. The summed E-state index contributed by atoms with van der Waals surface area (Å²) in [5.74, 6) is 3.59. The summed E-state index contributed by atoms with van der Waals surface area (Å²) in [5.41, 5.74) is 11.6. The number of nitrogens with zero attached hydrogens (tertiary/aromatic N) is 2. The van der Waals surface area contributed by atoms with E-state index in [1.807, 2.05) is 48.5 Å². The topological polar surface area (TPSA) is 44.2 Å². The van der Waals surface area contributed by atoms with Crippen LogP contribution in [0.4, 0.5) is 0 Å². The molecule has 0 saturated heterocycles. The molecule has 7 aromatic rings. The number of ether oxygens (including phenoxy) is 2. The van der Waals surface area contributed by atoms with E-state index in [9.17, 15) is 0 Å². The predicted octanol–water partition coefficient (Wildman–Crippen LogP) is 11.3. The van der Waals surface area contributed by atoms with Gasteiger partial charge in [-0.1, -0.05) is 129 Å². The third-order valence-corrected chi connectivity index (χ3v) is 9.36. The Morgan fingerprint density at radius 2 is 1.06 bits per heavy atom.